The smallest absolute Gasteiger partial charge is 0.347 e. The molecule has 398 valence electrons. The van der Waals surface area contributed by atoms with Crippen molar-refractivity contribution in [2.75, 3.05) is 118 Å². The molecule has 1 N–H and O–H groups in total. The molecule has 0 aromatic carbocycles. The van der Waals surface area contributed by atoms with Gasteiger partial charge in [-0.2, -0.15) is 0 Å². The highest BCUT2D eigenvalue weighted by Crippen LogP contribution is 2.17. The monoisotopic (exact) mass is 1010 g/mol. The van der Waals surface area contributed by atoms with Crippen molar-refractivity contribution >= 4 is 65.3 Å². The van der Waals surface area contributed by atoms with Gasteiger partial charge in [-0.15, -0.1) is 10.1 Å². The second-order valence-corrected chi connectivity index (χ2v) is 20.7. The normalized spacial score (nSPS) is 19.5. The third-order valence-corrected chi connectivity index (χ3v) is 10.6. The first-order chi connectivity index (χ1) is 33.0. The quantitative estimate of drug-likeness (QED) is 0.0984. The molecule has 0 aromatic heterocycles. The fraction of sp³-hybridized carbons (Fsp3) is 0.756. The maximum Gasteiger partial charge on any atom is 0.347 e. The van der Waals surface area contributed by atoms with E-state index < -0.39 is 102 Å². The fourth-order valence-electron chi connectivity index (χ4n) is 7.62. The van der Waals surface area contributed by atoms with Gasteiger partial charge in [-0.25, -0.2) is 9.59 Å². The van der Waals surface area contributed by atoms with Gasteiger partial charge in [0.05, 0.1) is 52.7 Å². The predicted octanol–water partition coefficient (Wildman–Crippen LogP) is -2.12. The summed E-state index contributed by atoms with van der Waals surface area (Å²) in [6.45, 7) is 15.7. The van der Waals surface area contributed by atoms with Crippen LogP contribution in [0, 0.1) is 0 Å². The molecule has 0 saturated carbocycles. The summed E-state index contributed by atoms with van der Waals surface area (Å²) in [7, 11) is 0. The highest BCUT2D eigenvalue weighted by Gasteiger charge is 2.37. The summed E-state index contributed by atoms with van der Waals surface area (Å²) >= 11 is 0. The lowest BCUT2D eigenvalue weighted by molar-refractivity contribution is -0.201. The molecule has 4 rings (SSSR count). The van der Waals surface area contributed by atoms with Gasteiger partial charge in [0.15, 0.2) is 0 Å². The van der Waals surface area contributed by atoms with Gasteiger partial charge in [0.2, 0.25) is 11.8 Å². The Morgan fingerprint density at radius 2 is 0.690 bits per heavy atom. The number of nitrogens with zero attached hydrogens (tertiary/aromatic N) is 9. The van der Waals surface area contributed by atoms with Crippen LogP contribution in [-0.2, 0) is 76.6 Å². The van der Waals surface area contributed by atoms with Gasteiger partial charge in [-0.1, -0.05) is 0 Å². The molecular formula is C45H72N10O16. The molecule has 6 amide bonds. The van der Waals surface area contributed by atoms with E-state index in [0.717, 1.165) is 0 Å². The molecule has 71 heavy (non-hydrogen) atoms. The van der Waals surface area contributed by atoms with Crippen LogP contribution >= 0.6 is 0 Å². The van der Waals surface area contributed by atoms with Crippen LogP contribution in [0.5, 0.6) is 0 Å². The molecular weight excluding hydrogens is 937 g/mol. The van der Waals surface area contributed by atoms with Crippen LogP contribution in [0.25, 0.3) is 0 Å². The van der Waals surface area contributed by atoms with Crippen molar-refractivity contribution in [2.24, 2.45) is 0 Å². The Bertz CT molecular complexity index is 1860. The molecule has 4 fully saturated rings. The average molecular weight is 1010 g/mol. The highest BCUT2D eigenvalue weighted by molar-refractivity contribution is 6.02. The van der Waals surface area contributed by atoms with Crippen LogP contribution in [0.2, 0.25) is 0 Å². The molecule has 26 nitrogen and oxygen atoms in total. The molecule has 26 heteroatoms. The zero-order valence-corrected chi connectivity index (χ0v) is 42.6. The van der Waals surface area contributed by atoms with E-state index in [2.05, 4.69) is 5.32 Å². The van der Waals surface area contributed by atoms with E-state index in [1.54, 1.807) is 62.3 Å². The largest absolute Gasteiger partial charge is 0.459 e. The second-order valence-electron chi connectivity index (χ2n) is 20.7. The van der Waals surface area contributed by atoms with E-state index in [0.29, 0.717) is 36.3 Å². The standard InChI is InChI=1S/C45H72N10O16/c1-43(2,3)67-38(62)24-48-16-14-47(15-17-49(25-39(63)68-44(4,5)6)19-21-50(20-18-48)26-40(64)69-45(7,8)9)23-32(56)46-22-37(61)53-30-51(27-41(65)70-54-33(57)10-11-34(54)58)29-52(31-53)28-42(66)71-55-35(59)12-13-36(55)60/h10-31H2,1-9H3,(H,46,56). The van der Waals surface area contributed by atoms with Crippen molar-refractivity contribution in [3.05, 3.63) is 0 Å². The van der Waals surface area contributed by atoms with Crippen molar-refractivity contribution in [2.45, 2.75) is 105 Å². The Morgan fingerprint density at radius 3 is 0.986 bits per heavy atom. The van der Waals surface area contributed by atoms with Gasteiger partial charge in [-0.3, -0.25) is 72.6 Å². The average Bonchev–Trinajstić information content (AvgIpc) is 3.71. The van der Waals surface area contributed by atoms with E-state index in [9.17, 15) is 52.7 Å². The minimum absolute atomic E-state index is 0.0401. The summed E-state index contributed by atoms with van der Waals surface area (Å²) in [4.78, 5) is 162. The Morgan fingerprint density at radius 1 is 0.408 bits per heavy atom. The van der Waals surface area contributed by atoms with Gasteiger partial charge in [-0.05, 0) is 62.3 Å². The van der Waals surface area contributed by atoms with Crippen LogP contribution in [0.3, 0.4) is 0 Å². The minimum Gasteiger partial charge on any atom is -0.459 e. The first-order valence-corrected chi connectivity index (χ1v) is 23.7. The predicted molar refractivity (Wildman–Crippen MR) is 246 cm³/mol. The number of hydrogen-bond donors (Lipinski definition) is 1. The molecule has 0 unspecified atom stereocenters. The molecule has 4 heterocycles. The maximum atomic E-state index is 13.8. The van der Waals surface area contributed by atoms with Crippen LogP contribution in [0.1, 0.15) is 88.0 Å². The summed E-state index contributed by atoms with van der Waals surface area (Å²) in [6.07, 6.45) is -0.515. The number of imide groups is 2. The van der Waals surface area contributed by atoms with Crippen LogP contribution in [0.4, 0.5) is 0 Å². The molecule has 4 aliphatic heterocycles. The fourth-order valence-corrected chi connectivity index (χ4v) is 7.62. The first-order valence-electron chi connectivity index (χ1n) is 23.7. The van der Waals surface area contributed by atoms with E-state index in [1.165, 1.54) is 14.7 Å². The van der Waals surface area contributed by atoms with Gasteiger partial charge < -0.3 is 34.1 Å². The summed E-state index contributed by atoms with van der Waals surface area (Å²) in [5.74, 6) is -7.36. The molecule has 0 bridgehead atoms. The third kappa shape index (κ3) is 21.3. The van der Waals surface area contributed by atoms with Gasteiger partial charge in [0.25, 0.3) is 23.6 Å². The number of nitrogens with one attached hydrogen (secondary N) is 1. The molecule has 4 saturated heterocycles. The summed E-state index contributed by atoms with van der Waals surface area (Å²) in [5.41, 5.74) is -2.21. The zero-order valence-electron chi connectivity index (χ0n) is 42.6. The van der Waals surface area contributed by atoms with Gasteiger partial charge in [0.1, 0.15) is 29.9 Å². The summed E-state index contributed by atoms with van der Waals surface area (Å²) in [5, 5.41) is 3.39. The van der Waals surface area contributed by atoms with Gasteiger partial charge >= 0.3 is 29.8 Å². The number of hydroxylamine groups is 4. The van der Waals surface area contributed by atoms with Crippen molar-refractivity contribution in [1.82, 2.24) is 49.7 Å². The molecule has 0 spiro atoms. The SMILES string of the molecule is CC(C)(C)OC(=O)CN1CCN(CC(=O)NCC(=O)N2CN(CC(=O)ON3C(=O)CCC3=O)CN(CC(=O)ON3C(=O)CCC3=O)C2)CCN(CC(=O)OC(C)(C)C)CCN(CC(=O)OC(C)(C)C)CC1. The molecule has 4 aliphatic rings. The minimum atomic E-state index is -1.01. The number of esters is 3. The lowest BCUT2D eigenvalue weighted by Gasteiger charge is -2.41. The second kappa shape index (κ2) is 25.6. The number of hydrogen-bond acceptors (Lipinski definition) is 22. The van der Waals surface area contributed by atoms with Crippen molar-refractivity contribution < 1.29 is 76.6 Å². The Hall–Kier alpha value is -5.67. The topological polar surface area (TPSA) is 275 Å². The zero-order chi connectivity index (χ0) is 52.8. The Labute approximate surface area is 413 Å². The highest BCUT2D eigenvalue weighted by atomic mass is 16.7. The van der Waals surface area contributed by atoms with Gasteiger partial charge in [0, 0.05) is 78.0 Å². The number of carbonyl (C=O) groups is 11. The lowest BCUT2D eigenvalue weighted by atomic mass is 10.2. The summed E-state index contributed by atoms with van der Waals surface area (Å²) < 4.78 is 16.9. The number of ether oxygens (including phenoxy) is 3. The first kappa shape index (κ1) is 57.9. The third-order valence-electron chi connectivity index (χ3n) is 10.6. The van der Waals surface area contributed by atoms with Crippen LogP contribution in [0.15, 0.2) is 0 Å². The van der Waals surface area contributed by atoms with E-state index in [4.69, 9.17) is 23.9 Å². The molecule has 0 radical (unpaired) electrons. The maximum absolute atomic E-state index is 13.8. The Balaban J connectivity index is 1.47. The van der Waals surface area contributed by atoms with E-state index in [-0.39, 0.29) is 98.0 Å². The number of amides is 6. The van der Waals surface area contributed by atoms with Crippen LogP contribution in [-0.4, -0.2) is 245 Å². The van der Waals surface area contributed by atoms with Crippen LogP contribution < -0.4 is 5.32 Å². The van der Waals surface area contributed by atoms with E-state index >= 15 is 0 Å². The van der Waals surface area contributed by atoms with Crippen molar-refractivity contribution in [1.29, 1.82) is 0 Å². The van der Waals surface area contributed by atoms with Crippen molar-refractivity contribution in [3.63, 3.8) is 0 Å². The number of carbonyl (C=O) groups excluding carboxylic acids is 11. The lowest BCUT2D eigenvalue weighted by Crippen LogP contribution is -2.60. The molecule has 0 aromatic rings. The van der Waals surface area contributed by atoms with E-state index in [1.807, 2.05) is 19.6 Å². The molecule has 0 aliphatic carbocycles. The summed E-state index contributed by atoms with van der Waals surface area (Å²) in [6, 6.07) is 0. The molecule has 0 atom stereocenters. The number of rotatable bonds is 16. The Kier molecular flexibility index (Phi) is 20.9. The van der Waals surface area contributed by atoms with Crippen molar-refractivity contribution in [3.8, 4) is 0 Å².